The van der Waals surface area contributed by atoms with E-state index in [9.17, 15) is 4.79 Å². The van der Waals surface area contributed by atoms with E-state index in [-0.39, 0.29) is 11.9 Å². The second kappa shape index (κ2) is 7.51. The van der Waals surface area contributed by atoms with E-state index in [4.69, 9.17) is 4.74 Å². The normalized spacial score (nSPS) is 22.5. The molecular weight excluding hydrogens is 332 g/mol. The third-order valence-electron chi connectivity index (χ3n) is 5.28. The van der Waals surface area contributed by atoms with Crippen LogP contribution in [-0.2, 0) is 4.74 Å². The summed E-state index contributed by atoms with van der Waals surface area (Å²) < 4.78 is 7.04. The molecule has 2 aliphatic heterocycles. The molecule has 0 aromatic carbocycles. The zero-order valence-electron chi connectivity index (χ0n) is 15.0. The van der Waals surface area contributed by atoms with Crippen LogP contribution in [0.15, 0.2) is 31.0 Å². The molecule has 0 saturated carbocycles. The number of carbonyl (C=O) groups excluding carboxylic acids is 1. The molecule has 2 aromatic rings. The molecule has 0 unspecified atom stereocenters. The van der Waals surface area contributed by atoms with Gasteiger partial charge in [-0.15, -0.1) is 0 Å². The highest BCUT2D eigenvalue weighted by molar-refractivity contribution is 5.94. The molecule has 2 saturated heterocycles. The number of aromatic nitrogens is 4. The molecule has 0 N–H and O–H groups in total. The lowest BCUT2D eigenvalue weighted by molar-refractivity contribution is 0.000701. The van der Waals surface area contributed by atoms with Gasteiger partial charge in [-0.1, -0.05) is 0 Å². The Morgan fingerprint density at radius 1 is 1.23 bits per heavy atom. The maximum absolute atomic E-state index is 12.9. The first-order valence-corrected chi connectivity index (χ1v) is 9.16. The van der Waals surface area contributed by atoms with E-state index in [1.165, 1.54) is 6.33 Å². The molecule has 4 heterocycles. The lowest BCUT2D eigenvalue weighted by atomic mass is 10.0. The SMILES string of the molecule is C[C@H]1CN(C2CCOCC2)CCN1C(=O)c1ccc(-n2cncn2)nc1. The molecule has 0 radical (unpaired) electrons. The summed E-state index contributed by atoms with van der Waals surface area (Å²) in [6.45, 7) is 6.42. The fourth-order valence-electron chi connectivity index (χ4n) is 3.81. The van der Waals surface area contributed by atoms with Gasteiger partial charge in [0.1, 0.15) is 12.7 Å². The number of amides is 1. The molecule has 8 heteroatoms. The lowest BCUT2D eigenvalue weighted by Gasteiger charge is -2.44. The number of hydrogen-bond acceptors (Lipinski definition) is 6. The van der Waals surface area contributed by atoms with E-state index in [1.807, 2.05) is 11.0 Å². The minimum atomic E-state index is 0.0433. The Labute approximate surface area is 152 Å². The second-order valence-corrected chi connectivity index (χ2v) is 6.93. The van der Waals surface area contributed by atoms with E-state index in [2.05, 4.69) is 26.9 Å². The van der Waals surface area contributed by atoms with E-state index in [1.54, 1.807) is 23.3 Å². The average Bonchev–Trinajstić information content (AvgIpc) is 3.23. The molecule has 2 aliphatic rings. The fourth-order valence-corrected chi connectivity index (χ4v) is 3.81. The van der Waals surface area contributed by atoms with Crippen LogP contribution in [0, 0.1) is 0 Å². The zero-order valence-corrected chi connectivity index (χ0v) is 15.0. The number of piperazine rings is 1. The summed E-state index contributed by atoms with van der Waals surface area (Å²) in [5.74, 6) is 0.693. The van der Waals surface area contributed by atoms with Gasteiger partial charge in [-0.2, -0.15) is 5.10 Å². The maximum Gasteiger partial charge on any atom is 0.255 e. The van der Waals surface area contributed by atoms with Crippen molar-refractivity contribution in [1.29, 1.82) is 0 Å². The zero-order chi connectivity index (χ0) is 17.9. The predicted molar refractivity (Wildman–Crippen MR) is 95.1 cm³/mol. The standard InChI is InChI=1S/C18H24N6O2/c1-14-11-22(16-4-8-26-9-5-16)6-7-23(14)18(25)15-2-3-17(20-10-15)24-13-19-12-21-24/h2-3,10,12-14,16H,4-9,11H2,1H3/t14-/m0/s1. The predicted octanol–water partition coefficient (Wildman–Crippen LogP) is 0.988. The van der Waals surface area contributed by atoms with E-state index in [0.717, 1.165) is 45.7 Å². The molecule has 8 nitrogen and oxygen atoms in total. The Morgan fingerprint density at radius 3 is 2.73 bits per heavy atom. The van der Waals surface area contributed by atoms with Crippen LogP contribution < -0.4 is 0 Å². The van der Waals surface area contributed by atoms with Crippen molar-refractivity contribution in [2.75, 3.05) is 32.8 Å². The highest BCUT2D eigenvalue weighted by Crippen LogP contribution is 2.20. The van der Waals surface area contributed by atoms with Gasteiger partial charge in [0.05, 0.1) is 5.56 Å². The summed E-state index contributed by atoms with van der Waals surface area (Å²) in [7, 11) is 0. The minimum Gasteiger partial charge on any atom is -0.381 e. The summed E-state index contributed by atoms with van der Waals surface area (Å²) in [4.78, 5) is 25.6. The second-order valence-electron chi connectivity index (χ2n) is 6.93. The highest BCUT2D eigenvalue weighted by atomic mass is 16.5. The quantitative estimate of drug-likeness (QED) is 0.816. The highest BCUT2D eigenvalue weighted by Gasteiger charge is 2.32. The third kappa shape index (κ3) is 3.47. The third-order valence-corrected chi connectivity index (χ3v) is 5.28. The molecule has 1 amide bonds. The Kier molecular flexibility index (Phi) is 4.94. The minimum absolute atomic E-state index is 0.0433. The number of pyridine rings is 1. The number of carbonyl (C=O) groups is 1. The van der Waals surface area contributed by atoms with Crippen molar-refractivity contribution in [3.05, 3.63) is 36.5 Å². The van der Waals surface area contributed by atoms with Crippen LogP contribution in [0.1, 0.15) is 30.1 Å². The van der Waals surface area contributed by atoms with Crippen molar-refractivity contribution in [2.24, 2.45) is 0 Å². The smallest absolute Gasteiger partial charge is 0.255 e. The first-order chi connectivity index (χ1) is 12.7. The Bertz CT molecular complexity index is 727. The van der Waals surface area contributed by atoms with Gasteiger partial charge in [0.15, 0.2) is 5.82 Å². The van der Waals surface area contributed by atoms with Crippen molar-refractivity contribution in [1.82, 2.24) is 29.5 Å². The number of rotatable bonds is 3. The largest absolute Gasteiger partial charge is 0.381 e. The Morgan fingerprint density at radius 2 is 2.08 bits per heavy atom. The van der Waals surface area contributed by atoms with Crippen molar-refractivity contribution in [3.63, 3.8) is 0 Å². The van der Waals surface area contributed by atoms with Gasteiger partial charge < -0.3 is 9.64 Å². The fraction of sp³-hybridized carbons (Fsp3) is 0.556. The molecule has 2 fully saturated rings. The van der Waals surface area contributed by atoms with E-state index in [0.29, 0.717) is 17.4 Å². The molecule has 138 valence electrons. The molecule has 2 aromatic heterocycles. The summed E-state index contributed by atoms with van der Waals surface area (Å²) in [5, 5.41) is 4.05. The first-order valence-electron chi connectivity index (χ1n) is 9.16. The molecule has 4 rings (SSSR count). The van der Waals surface area contributed by atoms with Crippen LogP contribution >= 0.6 is 0 Å². The van der Waals surface area contributed by atoms with Crippen molar-refractivity contribution < 1.29 is 9.53 Å². The Hall–Kier alpha value is -2.32. The van der Waals surface area contributed by atoms with Gasteiger partial charge in [-0.3, -0.25) is 9.69 Å². The van der Waals surface area contributed by atoms with Gasteiger partial charge in [0.2, 0.25) is 0 Å². The number of nitrogens with zero attached hydrogens (tertiary/aromatic N) is 6. The van der Waals surface area contributed by atoms with Gasteiger partial charge in [-0.05, 0) is 31.9 Å². The van der Waals surface area contributed by atoms with Crippen molar-refractivity contribution in [3.8, 4) is 5.82 Å². The number of ether oxygens (including phenoxy) is 1. The molecule has 0 aliphatic carbocycles. The molecule has 1 atom stereocenters. The van der Waals surface area contributed by atoms with Crippen LogP contribution in [-0.4, -0.2) is 80.4 Å². The summed E-state index contributed by atoms with van der Waals surface area (Å²) >= 11 is 0. The van der Waals surface area contributed by atoms with Crippen LogP contribution in [0.25, 0.3) is 5.82 Å². The summed E-state index contributed by atoms with van der Waals surface area (Å²) in [6, 6.07) is 4.38. The Balaban J connectivity index is 1.40. The van der Waals surface area contributed by atoms with Crippen molar-refractivity contribution in [2.45, 2.75) is 31.8 Å². The summed E-state index contributed by atoms with van der Waals surface area (Å²) in [6.07, 6.45) is 6.85. The topological polar surface area (TPSA) is 76.4 Å². The number of hydrogen-bond donors (Lipinski definition) is 0. The van der Waals surface area contributed by atoms with Crippen LogP contribution in [0.2, 0.25) is 0 Å². The van der Waals surface area contributed by atoms with Crippen LogP contribution in [0.5, 0.6) is 0 Å². The van der Waals surface area contributed by atoms with Gasteiger partial charge in [0.25, 0.3) is 5.91 Å². The van der Waals surface area contributed by atoms with Crippen molar-refractivity contribution >= 4 is 5.91 Å². The van der Waals surface area contributed by atoms with Gasteiger partial charge in [0, 0.05) is 51.1 Å². The van der Waals surface area contributed by atoms with E-state index < -0.39 is 0 Å². The lowest BCUT2D eigenvalue weighted by Crippen LogP contribution is -2.57. The van der Waals surface area contributed by atoms with Crippen LogP contribution in [0.4, 0.5) is 0 Å². The van der Waals surface area contributed by atoms with Crippen LogP contribution in [0.3, 0.4) is 0 Å². The van der Waals surface area contributed by atoms with E-state index >= 15 is 0 Å². The van der Waals surface area contributed by atoms with Gasteiger partial charge in [-0.25, -0.2) is 14.6 Å². The summed E-state index contributed by atoms with van der Waals surface area (Å²) in [5.41, 5.74) is 0.611. The maximum atomic E-state index is 12.9. The molecule has 0 spiro atoms. The molecule has 26 heavy (non-hydrogen) atoms. The molecular formula is C18H24N6O2. The average molecular weight is 356 g/mol. The first kappa shape index (κ1) is 17.1. The molecule has 0 bridgehead atoms. The monoisotopic (exact) mass is 356 g/mol. The van der Waals surface area contributed by atoms with Gasteiger partial charge >= 0.3 is 0 Å².